The lowest BCUT2D eigenvalue weighted by atomic mass is 10.2. The number of guanidine groups is 1. The molecule has 6 nitrogen and oxygen atoms in total. The molecule has 2 rings (SSSR count). The molecule has 0 fully saturated rings. The number of aromatic nitrogens is 2. The molecule has 144 valence electrons. The number of aryl methyl sites for hydroxylation is 2. The molecule has 7 heteroatoms. The van der Waals surface area contributed by atoms with Crippen molar-refractivity contribution < 1.29 is 4.74 Å². The van der Waals surface area contributed by atoms with Crippen LogP contribution in [0.25, 0.3) is 0 Å². The zero-order valence-corrected chi connectivity index (χ0v) is 18.2. The van der Waals surface area contributed by atoms with Crippen LogP contribution >= 0.6 is 24.0 Å². The van der Waals surface area contributed by atoms with Crippen LogP contribution in [0, 0.1) is 6.92 Å². The first kappa shape index (κ1) is 22.3. The number of ether oxygens (including phenoxy) is 1. The van der Waals surface area contributed by atoms with Crippen LogP contribution in [0.4, 0.5) is 0 Å². The highest BCUT2D eigenvalue weighted by atomic mass is 127. The number of benzene rings is 1. The fraction of sp³-hybridized carbons (Fsp3) is 0.474. The number of methoxy groups -OCH3 is 1. The van der Waals surface area contributed by atoms with Gasteiger partial charge in [0.15, 0.2) is 5.96 Å². The molecular formula is C19H30IN5O. The molecule has 0 unspecified atom stereocenters. The minimum atomic E-state index is 0. The Balaban J connectivity index is 0.00000338. The van der Waals surface area contributed by atoms with Crippen molar-refractivity contribution in [3.63, 3.8) is 0 Å². The van der Waals surface area contributed by atoms with Crippen LogP contribution in [0.3, 0.4) is 0 Å². The number of nitrogens with one attached hydrogen (secondary N) is 2. The molecule has 1 aromatic heterocycles. The largest absolute Gasteiger partial charge is 0.497 e. The topological polar surface area (TPSA) is 63.5 Å². The summed E-state index contributed by atoms with van der Waals surface area (Å²) >= 11 is 0. The fourth-order valence-corrected chi connectivity index (χ4v) is 2.54. The van der Waals surface area contributed by atoms with Gasteiger partial charge in [-0.2, -0.15) is 0 Å². The summed E-state index contributed by atoms with van der Waals surface area (Å²) in [6.07, 6.45) is 6.07. The summed E-state index contributed by atoms with van der Waals surface area (Å²) in [5.74, 6) is 2.78. The summed E-state index contributed by atoms with van der Waals surface area (Å²) < 4.78 is 7.44. The lowest BCUT2D eigenvalue weighted by Gasteiger charge is -2.12. The van der Waals surface area contributed by atoms with E-state index in [4.69, 9.17) is 4.74 Å². The van der Waals surface area contributed by atoms with Crippen LogP contribution < -0.4 is 15.4 Å². The SMILES string of the molecule is CCNC(=NCc1cccc(OC)c1)NCCCCn1ccnc1C.I. The average molecular weight is 471 g/mol. The van der Waals surface area contributed by atoms with E-state index < -0.39 is 0 Å². The van der Waals surface area contributed by atoms with Crippen LogP contribution in [-0.2, 0) is 13.1 Å². The Hall–Kier alpha value is -1.77. The molecule has 26 heavy (non-hydrogen) atoms. The van der Waals surface area contributed by atoms with Gasteiger partial charge < -0.3 is 19.9 Å². The summed E-state index contributed by atoms with van der Waals surface area (Å²) in [6, 6.07) is 8.00. The molecule has 0 aliphatic heterocycles. The van der Waals surface area contributed by atoms with Gasteiger partial charge >= 0.3 is 0 Å². The van der Waals surface area contributed by atoms with Gasteiger partial charge in [-0.3, -0.25) is 0 Å². The highest BCUT2D eigenvalue weighted by Gasteiger charge is 2.00. The number of hydrogen-bond acceptors (Lipinski definition) is 3. The number of nitrogens with zero attached hydrogens (tertiary/aromatic N) is 3. The van der Waals surface area contributed by atoms with Crippen molar-refractivity contribution in [2.45, 2.75) is 39.8 Å². The second-order valence-corrected chi connectivity index (χ2v) is 5.85. The lowest BCUT2D eigenvalue weighted by Crippen LogP contribution is -2.37. The van der Waals surface area contributed by atoms with E-state index in [0.717, 1.165) is 55.6 Å². The average Bonchev–Trinajstić information content (AvgIpc) is 3.04. The van der Waals surface area contributed by atoms with Crippen molar-refractivity contribution in [3.05, 3.63) is 48.0 Å². The maximum absolute atomic E-state index is 5.25. The molecule has 0 atom stereocenters. The van der Waals surface area contributed by atoms with Gasteiger partial charge in [-0.1, -0.05) is 12.1 Å². The van der Waals surface area contributed by atoms with Gasteiger partial charge in [0, 0.05) is 32.0 Å². The Morgan fingerprint density at radius 3 is 2.81 bits per heavy atom. The molecule has 2 aromatic rings. The molecule has 0 aliphatic rings. The molecule has 0 saturated carbocycles. The third-order valence-electron chi connectivity index (χ3n) is 3.94. The zero-order valence-electron chi connectivity index (χ0n) is 15.9. The van der Waals surface area contributed by atoms with Gasteiger partial charge in [0.1, 0.15) is 11.6 Å². The van der Waals surface area contributed by atoms with Crippen molar-refractivity contribution in [2.24, 2.45) is 4.99 Å². The molecule has 0 spiro atoms. The molecular weight excluding hydrogens is 441 g/mol. The number of imidazole rings is 1. The molecule has 0 bridgehead atoms. The van der Waals surface area contributed by atoms with E-state index in [2.05, 4.69) is 38.2 Å². The maximum Gasteiger partial charge on any atom is 0.191 e. The molecule has 1 heterocycles. The number of unbranched alkanes of at least 4 members (excludes halogenated alkanes) is 1. The van der Waals surface area contributed by atoms with E-state index in [1.54, 1.807) is 7.11 Å². The summed E-state index contributed by atoms with van der Waals surface area (Å²) in [7, 11) is 1.68. The zero-order chi connectivity index (χ0) is 17.9. The molecule has 0 radical (unpaired) electrons. The summed E-state index contributed by atoms with van der Waals surface area (Å²) in [6.45, 7) is 7.49. The smallest absolute Gasteiger partial charge is 0.191 e. The minimum Gasteiger partial charge on any atom is -0.497 e. The van der Waals surface area contributed by atoms with E-state index in [0.29, 0.717) is 6.54 Å². The second kappa shape index (κ2) is 12.6. The summed E-state index contributed by atoms with van der Waals surface area (Å²) in [5.41, 5.74) is 1.13. The van der Waals surface area contributed by atoms with Crippen molar-refractivity contribution >= 4 is 29.9 Å². The third-order valence-corrected chi connectivity index (χ3v) is 3.94. The molecule has 0 saturated heterocycles. The number of rotatable bonds is 9. The minimum absolute atomic E-state index is 0. The first-order valence-electron chi connectivity index (χ1n) is 8.85. The highest BCUT2D eigenvalue weighted by Crippen LogP contribution is 2.13. The summed E-state index contributed by atoms with van der Waals surface area (Å²) in [5, 5.41) is 6.68. The summed E-state index contributed by atoms with van der Waals surface area (Å²) in [4.78, 5) is 8.89. The van der Waals surface area contributed by atoms with Gasteiger partial charge in [-0.05, 0) is 44.4 Å². The Morgan fingerprint density at radius 1 is 1.27 bits per heavy atom. The van der Waals surface area contributed by atoms with Crippen LogP contribution in [0.5, 0.6) is 5.75 Å². The Morgan fingerprint density at radius 2 is 2.12 bits per heavy atom. The number of halogens is 1. The van der Waals surface area contributed by atoms with Crippen molar-refractivity contribution in [3.8, 4) is 5.75 Å². The van der Waals surface area contributed by atoms with Crippen LogP contribution in [-0.4, -0.2) is 35.7 Å². The molecule has 2 N–H and O–H groups in total. The van der Waals surface area contributed by atoms with Gasteiger partial charge in [-0.15, -0.1) is 24.0 Å². The molecule has 0 amide bonds. The normalized spacial score (nSPS) is 11.0. The first-order chi connectivity index (χ1) is 12.2. The first-order valence-corrected chi connectivity index (χ1v) is 8.85. The van der Waals surface area contributed by atoms with E-state index >= 15 is 0 Å². The monoisotopic (exact) mass is 471 g/mol. The second-order valence-electron chi connectivity index (χ2n) is 5.85. The fourth-order valence-electron chi connectivity index (χ4n) is 2.54. The predicted octanol–water partition coefficient (Wildman–Crippen LogP) is 3.35. The molecule has 0 aliphatic carbocycles. The van der Waals surface area contributed by atoms with Gasteiger partial charge in [-0.25, -0.2) is 9.98 Å². The van der Waals surface area contributed by atoms with Gasteiger partial charge in [0.2, 0.25) is 0 Å². The van der Waals surface area contributed by atoms with Gasteiger partial charge in [0.05, 0.1) is 13.7 Å². The predicted molar refractivity (Wildman–Crippen MR) is 117 cm³/mol. The molecule has 1 aromatic carbocycles. The van der Waals surface area contributed by atoms with E-state index in [9.17, 15) is 0 Å². The highest BCUT2D eigenvalue weighted by molar-refractivity contribution is 14.0. The van der Waals surface area contributed by atoms with Gasteiger partial charge in [0.25, 0.3) is 0 Å². The Bertz CT molecular complexity index is 671. The van der Waals surface area contributed by atoms with E-state index in [1.165, 1.54) is 0 Å². The van der Waals surface area contributed by atoms with Crippen LogP contribution in [0.2, 0.25) is 0 Å². The van der Waals surface area contributed by atoms with E-state index in [-0.39, 0.29) is 24.0 Å². The third kappa shape index (κ3) is 7.63. The quantitative estimate of drug-likeness (QED) is 0.255. The maximum atomic E-state index is 5.25. The van der Waals surface area contributed by atoms with Crippen LogP contribution in [0.15, 0.2) is 41.7 Å². The standard InChI is InChI=1S/C19H29N5O.HI/c1-4-20-19(23-15-17-8-7-9-18(14-17)25-3)22-10-5-6-12-24-13-11-21-16(24)2;/h7-9,11,13-14H,4-6,10,12,15H2,1-3H3,(H2,20,22,23);1H. The van der Waals surface area contributed by atoms with Crippen LogP contribution in [0.1, 0.15) is 31.2 Å². The van der Waals surface area contributed by atoms with Crippen molar-refractivity contribution in [1.82, 2.24) is 20.2 Å². The van der Waals surface area contributed by atoms with Crippen molar-refractivity contribution in [1.29, 1.82) is 0 Å². The van der Waals surface area contributed by atoms with Crippen molar-refractivity contribution in [2.75, 3.05) is 20.2 Å². The number of hydrogen-bond donors (Lipinski definition) is 2. The Labute approximate surface area is 173 Å². The number of aliphatic imine (C=N–C) groups is 1. The Kier molecular flexibility index (Phi) is 10.8. The van der Waals surface area contributed by atoms with E-state index in [1.807, 2.05) is 37.5 Å². The lowest BCUT2D eigenvalue weighted by molar-refractivity contribution is 0.414.